The molecule has 0 saturated carbocycles. The summed E-state index contributed by atoms with van der Waals surface area (Å²) in [7, 11) is -0.945. The summed E-state index contributed by atoms with van der Waals surface area (Å²) in [6, 6.07) is 0.678. The summed E-state index contributed by atoms with van der Waals surface area (Å²) in [5, 5.41) is 2.66. The lowest BCUT2D eigenvalue weighted by Gasteiger charge is -2.27. The van der Waals surface area contributed by atoms with Crippen LogP contribution in [0.4, 0.5) is 4.79 Å². The lowest BCUT2D eigenvalue weighted by molar-refractivity contribution is 0.0859. The Labute approximate surface area is 110 Å². The average molecular weight is 279 g/mol. The Bertz CT molecular complexity index is 221. The molecule has 0 saturated heterocycles. The van der Waals surface area contributed by atoms with E-state index in [9.17, 15) is 4.79 Å². The van der Waals surface area contributed by atoms with Gasteiger partial charge in [0, 0.05) is 32.9 Å². The average Bonchev–Trinajstić information content (AvgIpc) is 2.35. The van der Waals surface area contributed by atoms with Gasteiger partial charge in [-0.1, -0.05) is 0 Å². The molecule has 0 aliphatic carbocycles. The summed E-state index contributed by atoms with van der Waals surface area (Å²) in [6.07, 6.45) is 0.341. The van der Waals surface area contributed by atoms with Gasteiger partial charge in [0.25, 0.3) is 0 Å². The zero-order valence-corrected chi connectivity index (χ0v) is 12.8. The first-order chi connectivity index (χ1) is 8.64. The second-order valence-electron chi connectivity index (χ2n) is 3.50. The van der Waals surface area contributed by atoms with Gasteiger partial charge in [-0.2, -0.15) is 0 Å². The molecule has 6 nitrogen and oxygen atoms in total. The summed E-state index contributed by atoms with van der Waals surface area (Å²) in [5.41, 5.74) is 0. The summed E-state index contributed by atoms with van der Waals surface area (Å²) in [5.74, 6) is 0. The van der Waals surface area contributed by atoms with Crippen molar-refractivity contribution in [1.29, 1.82) is 0 Å². The Morgan fingerprint density at radius 1 is 1.11 bits per heavy atom. The van der Waals surface area contributed by atoms with Crippen LogP contribution in [0.5, 0.6) is 0 Å². The monoisotopic (exact) mass is 279 g/mol. The molecular formula is C11H25NO5Si. The maximum atomic E-state index is 11.1. The third-order valence-electron chi connectivity index (χ3n) is 2.24. The Morgan fingerprint density at radius 2 is 1.72 bits per heavy atom. The van der Waals surface area contributed by atoms with Crippen molar-refractivity contribution in [3.8, 4) is 0 Å². The largest absolute Gasteiger partial charge is 0.500 e. The molecule has 0 aromatic heterocycles. The van der Waals surface area contributed by atoms with E-state index in [-0.39, 0.29) is 0 Å². The second kappa shape index (κ2) is 10.3. The van der Waals surface area contributed by atoms with Gasteiger partial charge < -0.3 is 23.3 Å². The number of nitrogens with one attached hydrogen (secondary N) is 1. The van der Waals surface area contributed by atoms with E-state index in [1.54, 1.807) is 14.0 Å². The van der Waals surface area contributed by atoms with Crippen LogP contribution in [0.15, 0.2) is 0 Å². The molecule has 0 aromatic carbocycles. The summed E-state index contributed by atoms with van der Waals surface area (Å²) in [6.45, 7) is 7.62. The molecule has 0 heterocycles. The van der Waals surface area contributed by atoms with E-state index in [0.717, 1.165) is 6.42 Å². The van der Waals surface area contributed by atoms with Crippen molar-refractivity contribution in [2.75, 3.05) is 33.5 Å². The molecule has 0 rings (SSSR count). The van der Waals surface area contributed by atoms with Crippen LogP contribution in [0.3, 0.4) is 0 Å². The van der Waals surface area contributed by atoms with E-state index < -0.39 is 14.9 Å². The van der Waals surface area contributed by atoms with Gasteiger partial charge in [0.15, 0.2) is 0 Å². The molecule has 0 aromatic rings. The van der Waals surface area contributed by atoms with Crippen LogP contribution in [0, 0.1) is 0 Å². The van der Waals surface area contributed by atoms with E-state index in [4.69, 9.17) is 18.0 Å². The van der Waals surface area contributed by atoms with Gasteiger partial charge in [0.2, 0.25) is 0 Å². The van der Waals surface area contributed by atoms with Gasteiger partial charge in [0.05, 0.1) is 6.61 Å². The molecule has 1 N–H and O–H groups in total. The molecule has 0 radical (unpaired) electrons. The number of alkyl carbamates (subject to hydrolysis) is 1. The molecule has 0 aliphatic rings. The lowest BCUT2D eigenvalue weighted by atomic mass is 10.5. The van der Waals surface area contributed by atoms with Gasteiger partial charge in [-0.15, -0.1) is 0 Å². The van der Waals surface area contributed by atoms with E-state index in [0.29, 0.717) is 32.4 Å². The minimum atomic E-state index is -2.55. The van der Waals surface area contributed by atoms with Gasteiger partial charge in [0.1, 0.15) is 0 Å². The van der Waals surface area contributed by atoms with Crippen molar-refractivity contribution in [1.82, 2.24) is 5.32 Å². The molecule has 0 fully saturated rings. The Hall–Kier alpha value is -0.633. The maximum absolute atomic E-state index is 11.1. The van der Waals surface area contributed by atoms with E-state index in [1.807, 2.05) is 13.8 Å². The second-order valence-corrected chi connectivity index (χ2v) is 6.36. The first kappa shape index (κ1) is 17.4. The number of amides is 1. The standard InChI is InChI=1S/C11H25NO5Si/c1-5-15-11(13)12-9-8-10-18(14-4,16-6-2)17-7-3/h5-10H2,1-4H3,(H,12,13). The Morgan fingerprint density at radius 3 is 2.17 bits per heavy atom. The van der Waals surface area contributed by atoms with Crippen molar-refractivity contribution in [3.05, 3.63) is 0 Å². The summed E-state index contributed by atoms with van der Waals surface area (Å²) < 4.78 is 21.4. The Balaban J connectivity index is 3.99. The number of ether oxygens (including phenoxy) is 1. The van der Waals surface area contributed by atoms with Crippen LogP contribution in [0.25, 0.3) is 0 Å². The number of hydrogen-bond acceptors (Lipinski definition) is 5. The van der Waals surface area contributed by atoms with Crippen molar-refractivity contribution in [2.45, 2.75) is 33.2 Å². The molecule has 0 spiro atoms. The number of rotatable bonds is 10. The predicted octanol–water partition coefficient (Wildman–Crippen LogP) is 1.78. The van der Waals surface area contributed by atoms with Crippen LogP contribution in [0.2, 0.25) is 6.04 Å². The highest BCUT2D eigenvalue weighted by molar-refractivity contribution is 6.60. The van der Waals surface area contributed by atoms with E-state index in [1.165, 1.54) is 0 Å². The minimum Gasteiger partial charge on any atom is -0.450 e. The Kier molecular flexibility index (Phi) is 9.94. The quantitative estimate of drug-likeness (QED) is 0.488. The zero-order chi connectivity index (χ0) is 13.9. The molecule has 7 heteroatoms. The number of carbonyl (C=O) groups is 1. The zero-order valence-electron chi connectivity index (χ0n) is 11.8. The van der Waals surface area contributed by atoms with Crippen LogP contribution in [-0.4, -0.2) is 48.4 Å². The van der Waals surface area contributed by atoms with Crippen LogP contribution in [-0.2, 0) is 18.0 Å². The van der Waals surface area contributed by atoms with Crippen LogP contribution < -0.4 is 5.32 Å². The molecule has 0 unspecified atom stereocenters. The van der Waals surface area contributed by atoms with Crippen molar-refractivity contribution in [3.63, 3.8) is 0 Å². The molecule has 0 atom stereocenters. The SMILES string of the molecule is CCOC(=O)NCCC[Si](OC)(OCC)OCC. The highest BCUT2D eigenvalue weighted by Crippen LogP contribution is 2.16. The third kappa shape index (κ3) is 6.95. The van der Waals surface area contributed by atoms with Crippen LogP contribution in [0.1, 0.15) is 27.2 Å². The minimum absolute atomic E-state index is 0.375. The van der Waals surface area contributed by atoms with E-state index >= 15 is 0 Å². The molecule has 18 heavy (non-hydrogen) atoms. The van der Waals surface area contributed by atoms with Crippen molar-refractivity contribution < 1.29 is 22.8 Å². The molecule has 1 amide bonds. The topological polar surface area (TPSA) is 66.0 Å². The summed E-state index contributed by atoms with van der Waals surface area (Å²) >= 11 is 0. The normalized spacial score (nSPS) is 11.3. The fourth-order valence-electron chi connectivity index (χ4n) is 1.52. The smallest absolute Gasteiger partial charge is 0.450 e. The fourth-order valence-corrected chi connectivity index (χ4v) is 3.82. The van der Waals surface area contributed by atoms with Crippen LogP contribution >= 0.6 is 0 Å². The highest BCUT2D eigenvalue weighted by Gasteiger charge is 2.38. The lowest BCUT2D eigenvalue weighted by Crippen LogP contribution is -2.45. The maximum Gasteiger partial charge on any atom is 0.500 e. The van der Waals surface area contributed by atoms with Gasteiger partial charge in [-0.05, 0) is 27.2 Å². The summed E-state index contributed by atoms with van der Waals surface area (Å²) in [4.78, 5) is 11.1. The predicted molar refractivity (Wildman–Crippen MR) is 70.5 cm³/mol. The van der Waals surface area contributed by atoms with Crippen molar-refractivity contribution >= 4 is 14.9 Å². The number of carbonyl (C=O) groups excluding carboxylic acids is 1. The van der Waals surface area contributed by atoms with Gasteiger partial charge in [-0.3, -0.25) is 0 Å². The molecular weight excluding hydrogens is 254 g/mol. The first-order valence-electron chi connectivity index (χ1n) is 6.37. The molecule has 108 valence electrons. The van der Waals surface area contributed by atoms with E-state index in [2.05, 4.69) is 5.32 Å². The first-order valence-corrected chi connectivity index (χ1v) is 8.31. The molecule has 0 bridgehead atoms. The fraction of sp³-hybridized carbons (Fsp3) is 0.909. The number of hydrogen-bond donors (Lipinski definition) is 1. The third-order valence-corrected chi connectivity index (χ3v) is 5.29. The van der Waals surface area contributed by atoms with Gasteiger partial charge in [-0.25, -0.2) is 4.79 Å². The van der Waals surface area contributed by atoms with Crippen molar-refractivity contribution in [2.24, 2.45) is 0 Å². The highest BCUT2D eigenvalue weighted by atomic mass is 28.4. The molecule has 0 aliphatic heterocycles. The van der Waals surface area contributed by atoms with Gasteiger partial charge >= 0.3 is 14.9 Å².